The molecule has 9 atom stereocenters. The summed E-state index contributed by atoms with van der Waals surface area (Å²) >= 11 is 9.93. The Hall–Kier alpha value is -3.51. The predicted molar refractivity (Wildman–Crippen MR) is 204 cm³/mol. The third-order valence-corrected chi connectivity index (χ3v) is 11.8. The molecule has 2 aromatic rings. The summed E-state index contributed by atoms with van der Waals surface area (Å²) in [5, 5.41) is 11.2. The summed E-state index contributed by atoms with van der Waals surface area (Å²) in [5.74, 6) is -3.65. The van der Waals surface area contributed by atoms with Crippen LogP contribution in [-0.2, 0) is 28.7 Å². The standard InChI is InChI=1S/C40H49BrClN3O7/c1-7-9-15-31(47)43(6)25(5)34(26-13-11-10-12-14-26)51-39(50)32-33-37(48)45(29(23-46)21-24(3)4)36(40(33)22-30(41)35(32)52-40)38(49)44(20-8-2)28-18-16-27(42)17-19-28/h7-8,10-14,16-19,24-25,29-30,32-36,46H,1-2,9,15,20-23H2,3-6H3/t25-,29+,30?,32-,33+,34+,35-,36-,40+/m0/s1. The number of aliphatic hydroxyl groups excluding tert-OH is 1. The number of benzene rings is 2. The second kappa shape index (κ2) is 16.7. The number of hydrogen-bond acceptors (Lipinski definition) is 7. The summed E-state index contributed by atoms with van der Waals surface area (Å²) in [4.78, 5) is 61.8. The number of anilines is 1. The number of ether oxygens (including phenoxy) is 2. The molecule has 280 valence electrons. The maximum absolute atomic E-state index is 15.0. The van der Waals surface area contributed by atoms with Crippen LogP contribution in [0.15, 0.2) is 79.9 Å². The Morgan fingerprint density at radius 3 is 2.38 bits per heavy atom. The van der Waals surface area contributed by atoms with E-state index in [-0.39, 0.29) is 42.6 Å². The lowest BCUT2D eigenvalue weighted by atomic mass is 9.70. The van der Waals surface area contributed by atoms with Crippen LogP contribution >= 0.6 is 27.5 Å². The highest BCUT2D eigenvalue weighted by atomic mass is 79.9. The first kappa shape index (κ1) is 39.7. The molecule has 0 aromatic heterocycles. The van der Waals surface area contributed by atoms with Crippen LogP contribution in [0.1, 0.15) is 58.1 Å². The molecule has 3 heterocycles. The Kier molecular flexibility index (Phi) is 12.7. The van der Waals surface area contributed by atoms with Gasteiger partial charge in [-0.3, -0.25) is 19.2 Å². The lowest BCUT2D eigenvalue weighted by Gasteiger charge is -2.39. The van der Waals surface area contributed by atoms with Gasteiger partial charge in [0.2, 0.25) is 11.8 Å². The van der Waals surface area contributed by atoms with Gasteiger partial charge in [-0.15, -0.1) is 13.2 Å². The molecule has 3 aliphatic heterocycles. The third kappa shape index (κ3) is 7.47. The average molecular weight is 799 g/mol. The molecule has 0 aliphatic carbocycles. The molecular weight excluding hydrogens is 750 g/mol. The molecule has 2 bridgehead atoms. The largest absolute Gasteiger partial charge is 0.455 e. The molecule has 52 heavy (non-hydrogen) atoms. The number of likely N-dealkylation sites (tertiary alicyclic amines) is 1. The number of alkyl halides is 1. The number of aliphatic hydroxyl groups is 1. The molecular formula is C40H49BrClN3O7. The van der Waals surface area contributed by atoms with Crippen LogP contribution in [0.4, 0.5) is 5.69 Å². The number of rotatable bonds is 16. The van der Waals surface area contributed by atoms with E-state index in [1.165, 1.54) is 9.80 Å². The number of nitrogens with zero attached hydrogens (tertiary/aromatic N) is 3. The van der Waals surface area contributed by atoms with Crippen molar-refractivity contribution in [1.82, 2.24) is 9.80 Å². The van der Waals surface area contributed by atoms with Gasteiger partial charge in [-0.05, 0) is 61.9 Å². The van der Waals surface area contributed by atoms with Crippen molar-refractivity contribution in [1.29, 1.82) is 0 Å². The number of carbonyl (C=O) groups excluding carboxylic acids is 4. The van der Waals surface area contributed by atoms with Crippen molar-refractivity contribution in [2.45, 2.75) is 87.2 Å². The van der Waals surface area contributed by atoms with E-state index in [0.29, 0.717) is 29.1 Å². The molecule has 1 unspecified atom stereocenters. The first-order valence-electron chi connectivity index (χ1n) is 17.9. The van der Waals surface area contributed by atoms with Crippen molar-refractivity contribution >= 4 is 56.9 Å². The molecule has 1 spiro atoms. The monoisotopic (exact) mass is 797 g/mol. The molecule has 3 aliphatic rings. The third-order valence-electron chi connectivity index (χ3n) is 10.7. The van der Waals surface area contributed by atoms with Gasteiger partial charge in [0.15, 0.2) is 0 Å². The minimum Gasteiger partial charge on any atom is -0.455 e. The van der Waals surface area contributed by atoms with Crippen molar-refractivity contribution in [3.63, 3.8) is 0 Å². The molecule has 2 aromatic carbocycles. The molecule has 1 N–H and O–H groups in total. The quantitative estimate of drug-likeness (QED) is 0.124. The van der Waals surface area contributed by atoms with Crippen LogP contribution in [0, 0.1) is 17.8 Å². The fourth-order valence-corrected chi connectivity index (χ4v) is 9.24. The maximum Gasteiger partial charge on any atom is 0.313 e. The van der Waals surface area contributed by atoms with E-state index < -0.39 is 65.6 Å². The Morgan fingerprint density at radius 1 is 1.12 bits per heavy atom. The van der Waals surface area contributed by atoms with Crippen molar-refractivity contribution in [2.24, 2.45) is 17.8 Å². The van der Waals surface area contributed by atoms with Gasteiger partial charge in [-0.25, -0.2) is 0 Å². The van der Waals surface area contributed by atoms with Crippen LogP contribution in [0.5, 0.6) is 0 Å². The average Bonchev–Trinajstić information content (AvgIpc) is 3.73. The van der Waals surface area contributed by atoms with Gasteiger partial charge < -0.3 is 29.3 Å². The summed E-state index contributed by atoms with van der Waals surface area (Å²) in [6, 6.07) is 13.6. The van der Waals surface area contributed by atoms with Gasteiger partial charge in [0.25, 0.3) is 5.91 Å². The summed E-state index contributed by atoms with van der Waals surface area (Å²) < 4.78 is 13.1. The maximum atomic E-state index is 15.0. The van der Waals surface area contributed by atoms with Crippen molar-refractivity contribution in [2.75, 3.05) is 25.1 Å². The van der Waals surface area contributed by atoms with E-state index in [1.807, 2.05) is 51.1 Å². The van der Waals surface area contributed by atoms with Crippen LogP contribution < -0.4 is 4.90 Å². The van der Waals surface area contributed by atoms with E-state index in [4.69, 9.17) is 21.1 Å². The zero-order valence-corrected chi connectivity index (χ0v) is 32.5. The van der Waals surface area contributed by atoms with Crippen molar-refractivity contribution < 1.29 is 33.8 Å². The van der Waals surface area contributed by atoms with E-state index in [0.717, 1.165) is 0 Å². The highest BCUT2D eigenvalue weighted by Gasteiger charge is 2.77. The highest BCUT2D eigenvalue weighted by Crippen LogP contribution is 2.61. The van der Waals surface area contributed by atoms with E-state index in [2.05, 4.69) is 29.1 Å². The molecule has 5 rings (SSSR count). The highest BCUT2D eigenvalue weighted by molar-refractivity contribution is 9.09. The molecule has 12 heteroatoms. The van der Waals surface area contributed by atoms with Gasteiger partial charge in [-0.1, -0.05) is 83.9 Å². The smallest absolute Gasteiger partial charge is 0.313 e. The molecule has 10 nitrogen and oxygen atoms in total. The van der Waals surface area contributed by atoms with Gasteiger partial charge in [-0.2, -0.15) is 0 Å². The fourth-order valence-electron chi connectivity index (χ4n) is 8.17. The number of amides is 3. The Balaban J connectivity index is 1.56. The topological polar surface area (TPSA) is 117 Å². The molecule has 0 saturated carbocycles. The van der Waals surface area contributed by atoms with E-state index in [9.17, 15) is 24.3 Å². The molecule has 0 radical (unpaired) electrons. The van der Waals surface area contributed by atoms with Gasteiger partial charge in [0.1, 0.15) is 17.7 Å². The molecule has 3 amide bonds. The Morgan fingerprint density at radius 2 is 1.79 bits per heavy atom. The second-order valence-electron chi connectivity index (χ2n) is 14.4. The zero-order chi connectivity index (χ0) is 37.9. The summed E-state index contributed by atoms with van der Waals surface area (Å²) in [5.41, 5.74) is -0.150. The minimum atomic E-state index is -1.39. The number of carbonyl (C=O) groups is 4. The first-order valence-corrected chi connectivity index (χ1v) is 19.1. The van der Waals surface area contributed by atoms with E-state index in [1.54, 1.807) is 48.4 Å². The number of allylic oxidation sites excluding steroid dienone is 1. The normalized spacial score (nSPS) is 26.4. The van der Waals surface area contributed by atoms with Gasteiger partial charge in [0.05, 0.1) is 36.6 Å². The van der Waals surface area contributed by atoms with E-state index >= 15 is 0 Å². The molecule has 3 fully saturated rings. The first-order chi connectivity index (χ1) is 24.8. The molecule has 3 saturated heterocycles. The van der Waals surface area contributed by atoms with Gasteiger partial charge >= 0.3 is 5.97 Å². The minimum absolute atomic E-state index is 0.0837. The second-order valence-corrected chi connectivity index (χ2v) is 16.0. The zero-order valence-electron chi connectivity index (χ0n) is 30.2. The van der Waals surface area contributed by atoms with Crippen molar-refractivity contribution in [3.8, 4) is 0 Å². The number of likely N-dealkylation sites (N-methyl/N-ethyl adjacent to an activating group) is 1. The van der Waals surface area contributed by atoms with Gasteiger partial charge in [0, 0.05) is 35.6 Å². The van der Waals surface area contributed by atoms with Crippen LogP contribution in [0.25, 0.3) is 0 Å². The fraction of sp³-hybridized carbons (Fsp3) is 0.500. The number of esters is 1. The van der Waals surface area contributed by atoms with Crippen LogP contribution in [-0.4, -0.2) is 93.5 Å². The lowest BCUT2D eigenvalue weighted by Crippen LogP contribution is -2.59. The Labute approximate surface area is 319 Å². The SMILES string of the molecule is C=CCCC(=O)N(C)[C@@H](C)[C@@H](OC(=O)[C@@H]1[C@H]2O[C@@]3(CC2Br)[C@H](C(=O)N(CC=C)c2ccc(Cl)cc2)N([C@@H](CO)CC(C)C)C(=O)[C@@H]13)c1ccccc1. The number of fused-ring (bicyclic) bond motifs is 1. The summed E-state index contributed by atoms with van der Waals surface area (Å²) in [7, 11) is 1.68. The number of halogens is 2. The van der Waals surface area contributed by atoms with Crippen molar-refractivity contribution in [3.05, 3.63) is 90.5 Å². The lowest BCUT2D eigenvalue weighted by molar-refractivity contribution is -0.165. The Bertz CT molecular complexity index is 1640. The van der Waals surface area contributed by atoms with Crippen LogP contribution in [0.2, 0.25) is 5.02 Å². The summed E-state index contributed by atoms with van der Waals surface area (Å²) in [6.07, 6.45) is 3.13. The van der Waals surface area contributed by atoms with Crippen LogP contribution in [0.3, 0.4) is 0 Å². The predicted octanol–water partition coefficient (Wildman–Crippen LogP) is 6.11. The number of hydrogen-bond donors (Lipinski definition) is 1. The summed E-state index contributed by atoms with van der Waals surface area (Å²) in [6.45, 7) is 13.1.